The molecule has 0 unspecified atom stereocenters. The van der Waals surface area contributed by atoms with Gasteiger partial charge in [0.05, 0.1) is 22.6 Å². The Morgan fingerprint density at radius 1 is 1.11 bits per heavy atom. The fourth-order valence-electron chi connectivity index (χ4n) is 3.79. The van der Waals surface area contributed by atoms with Crippen molar-refractivity contribution in [1.82, 2.24) is 4.90 Å². The van der Waals surface area contributed by atoms with Gasteiger partial charge < -0.3 is 14.2 Å². The lowest BCUT2D eigenvalue weighted by molar-refractivity contribution is -0.143. The molecule has 0 aromatic heterocycles. The van der Waals surface area contributed by atoms with Crippen LogP contribution >= 0.6 is 39.9 Å². The molecule has 3 rings (SSSR count). The fraction of sp³-hybridized carbons (Fsp3) is 0.414. The number of hydrogen-bond acceptors (Lipinski definition) is 7. The number of hydrogen-bond donors (Lipinski definition) is 0. The second-order valence-corrected chi connectivity index (χ2v) is 12.3. The average Bonchev–Trinajstić information content (AvgIpc) is 3.11. The van der Waals surface area contributed by atoms with Gasteiger partial charge in [-0.05, 0) is 76.5 Å². The number of carbonyl (C=O) groups excluding carboxylic acids is 2. The highest BCUT2D eigenvalue weighted by atomic mass is 79.9. The van der Waals surface area contributed by atoms with Gasteiger partial charge in [0.15, 0.2) is 11.5 Å². The molecule has 0 atom stereocenters. The summed E-state index contributed by atoms with van der Waals surface area (Å²) in [7, 11) is 0. The Bertz CT molecular complexity index is 1200. The first-order valence-corrected chi connectivity index (χ1v) is 14.6. The van der Waals surface area contributed by atoms with Crippen LogP contribution in [-0.4, -0.2) is 40.9 Å². The highest BCUT2D eigenvalue weighted by molar-refractivity contribution is 9.10. The first kappa shape index (κ1) is 30.2. The minimum atomic E-state index is -0.272. The quantitative estimate of drug-likeness (QED) is 0.149. The monoisotopic (exact) mass is 619 g/mol. The van der Waals surface area contributed by atoms with Gasteiger partial charge in [-0.1, -0.05) is 69.0 Å². The van der Waals surface area contributed by atoms with Crippen LogP contribution in [0.1, 0.15) is 64.2 Å². The van der Waals surface area contributed by atoms with Crippen LogP contribution in [0.4, 0.5) is 0 Å². The van der Waals surface area contributed by atoms with Gasteiger partial charge in [-0.3, -0.25) is 14.5 Å². The lowest BCUT2D eigenvalue weighted by Gasteiger charge is -2.19. The van der Waals surface area contributed by atoms with Crippen LogP contribution < -0.4 is 9.47 Å². The van der Waals surface area contributed by atoms with E-state index in [0.717, 1.165) is 15.6 Å². The molecule has 38 heavy (non-hydrogen) atoms. The number of nitrogens with zero attached hydrogens (tertiary/aromatic N) is 1. The topological polar surface area (TPSA) is 65.1 Å². The van der Waals surface area contributed by atoms with E-state index in [9.17, 15) is 9.59 Å². The summed E-state index contributed by atoms with van der Waals surface area (Å²) in [6, 6.07) is 12.2. The van der Waals surface area contributed by atoms with Crippen LogP contribution in [0, 0.1) is 0 Å². The van der Waals surface area contributed by atoms with E-state index in [0.29, 0.717) is 53.5 Å². The molecule has 1 amide bonds. The van der Waals surface area contributed by atoms with Crippen molar-refractivity contribution in [3.8, 4) is 11.5 Å². The molecule has 2 aromatic carbocycles. The summed E-state index contributed by atoms with van der Waals surface area (Å²) in [5, 5.41) is 0. The molecule has 2 aromatic rings. The van der Waals surface area contributed by atoms with Gasteiger partial charge in [-0.25, -0.2) is 0 Å². The highest BCUT2D eigenvalue weighted by Crippen LogP contribution is 2.40. The van der Waals surface area contributed by atoms with Gasteiger partial charge in [-0.15, -0.1) is 0 Å². The van der Waals surface area contributed by atoms with Crippen LogP contribution in [0.3, 0.4) is 0 Å². The van der Waals surface area contributed by atoms with Crippen molar-refractivity contribution < 1.29 is 23.8 Å². The van der Waals surface area contributed by atoms with Gasteiger partial charge in [0.25, 0.3) is 5.91 Å². The van der Waals surface area contributed by atoms with Gasteiger partial charge in [-0.2, -0.15) is 0 Å². The predicted octanol–water partition coefficient (Wildman–Crippen LogP) is 7.27. The van der Waals surface area contributed by atoms with Crippen LogP contribution in [-0.2, 0) is 26.3 Å². The Morgan fingerprint density at radius 2 is 1.82 bits per heavy atom. The number of carbonyl (C=O) groups is 2. The Kier molecular flexibility index (Phi) is 10.8. The SMILES string of the molecule is CCOC(=O)CCCN1C(=O)/C(=C\c2cc(Br)c(OCc3ccc(C(C)(C)C)cc3)c(OCC)c2)SC1=S. The number of thiocarbonyl (C=S) groups is 1. The van der Waals surface area contributed by atoms with Crippen molar-refractivity contribution in [2.75, 3.05) is 19.8 Å². The predicted molar refractivity (Wildman–Crippen MR) is 161 cm³/mol. The first-order valence-electron chi connectivity index (χ1n) is 12.6. The maximum Gasteiger partial charge on any atom is 0.305 e. The Balaban J connectivity index is 1.73. The standard InChI is InChI=1S/C29H34BrNO5S2/c1-6-34-23-16-20(17-24-27(33)31(28(37)38-24)14-8-9-25(32)35-7-2)15-22(30)26(23)36-18-19-10-12-21(13-11-19)29(3,4)5/h10-13,15-17H,6-9,14,18H2,1-5H3/b24-17+. The van der Waals surface area contributed by atoms with Crippen molar-refractivity contribution in [3.05, 3.63) is 62.5 Å². The van der Waals surface area contributed by atoms with Gasteiger partial charge in [0.2, 0.25) is 0 Å². The Hall–Kier alpha value is -2.36. The summed E-state index contributed by atoms with van der Waals surface area (Å²) in [4.78, 5) is 26.7. The van der Waals surface area contributed by atoms with Gasteiger partial charge in [0.1, 0.15) is 10.9 Å². The minimum Gasteiger partial charge on any atom is -0.490 e. The van der Waals surface area contributed by atoms with E-state index in [-0.39, 0.29) is 23.7 Å². The van der Waals surface area contributed by atoms with Crippen molar-refractivity contribution in [2.45, 2.75) is 59.5 Å². The van der Waals surface area contributed by atoms with E-state index in [2.05, 4.69) is 61.0 Å². The van der Waals surface area contributed by atoms with Crippen LogP contribution in [0.25, 0.3) is 6.08 Å². The number of ether oxygens (including phenoxy) is 3. The molecule has 204 valence electrons. The summed E-state index contributed by atoms with van der Waals surface area (Å²) < 4.78 is 18.2. The molecule has 0 bridgehead atoms. The molecule has 0 N–H and O–H groups in total. The summed E-state index contributed by atoms with van der Waals surface area (Å²) in [5.41, 5.74) is 3.21. The van der Waals surface area contributed by atoms with Crippen LogP contribution in [0.5, 0.6) is 11.5 Å². The molecule has 0 saturated carbocycles. The second kappa shape index (κ2) is 13.6. The Labute approximate surface area is 243 Å². The second-order valence-electron chi connectivity index (χ2n) is 9.74. The third kappa shape index (κ3) is 8.07. The number of rotatable bonds is 11. The normalized spacial score (nSPS) is 14.8. The van der Waals surface area contributed by atoms with E-state index < -0.39 is 0 Å². The average molecular weight is 621 g/mol. The fourth-order valence-corrected chi connectivity index (χ4v) is 5.67. The molecule has 0 spiro atoms. The number of thioether (sulfide) groups is 1. The zero-order valence-corrected chi connectivity index (χ0v) is 25.7. The van der Waals surface area contributed by atoms with Gasteiger partial charge >= 0.3 is 5.97 Å². The van der Waals surface area contributed by atoms with Gasteiger partial charge in [0, 0.05) is 13.0 Å². The number of esters is 1. The summed E-state index contributed by atoms with van der Waals surface area (Å²) in [5.74, 6) is 0.753. The molecule has 9 heteroatoms. The van der Waals surface area contributed by atoms with Crippen molar-refractivity contribution >= 4 is 62.2 Å². The maximum absolute atomic E-state index is 13.0. The number of benzene rings is 2. The maximum atomic E-state index is 13.0. The summed E-state index contributed by atoms with van der Waals surface area (Å²) in [6.07, 6.45) is 2.54. The van der Waals surface area contributed by atoms with Crippen molar-refractivity contribution in [1.29, 1.82) is 0 Å². The zero-order chi connectivity index (χ0) is 27.9. The lowest BCUT2D eigenvalue weighted by Crippen LogP contribution is -2.29. The summed E-state index contributed by atoms with van der Waals surface area (Å²) >= 11 is 10.3. The molecule has 6 nitrogen and oxygen atoms in total. The molecule has 0 radical (unpaired) electrons. The third-order valence-electron chi connectivity index (χ3n) is 5.77. The van der Waals surface area contributed by atoms with Crippen LogP contribution in [0.2, 0.25) is 0 Å². The van der Waals surface area contributed by atoms with E-state index in [4.69, 9.17) is 26.4 Å². The van der Waals surface area contributed by atoms with E-state index in [1.165, 1.54) is 22.2 Å². The molecule has 1 aliphatic rings. The van der Waals surface area contributed by atoms with Crippen molar-refractivity contribution in [2.24, 2.45) is 0 Å². The van der Waals surface area contributed by atoms with Crippen LogP contribution in [0.15, 0.2) is 45.8 Å². The van der Waals surface area contributed by atoms with E-state index in [1.807, 2.05) is 19.1 Å². The number of halogens is 1. The van der Waals surface area contributed by atoms with Crippen molar-refractivity contribution in [3.63, 3.8) is 0 Å². The largest absolute Gasteiger partial charge is 0.490 e. The highest BCUT2D eigenvalue weighted by Gasteiger charge is 2.32. The molecular weight excluding hydrogens is 586 g/mol. The molecule has 0 aliphatic carbocycles. The van der Waals surface area contributed by atoms with E-state index >= 15 is 0 Å². The zero-order valence-electron chi connectivity index (χ0n) is 22.5. The molecule has 1 aliphatic heterocycles. The third-order valence-corrected chi connectivity index (χ3v) is 7.74. The summed E-state index contributed by atoms with van der Waals surface area (Å²) in [6.45, 7) is 11.8. The first-order chi connectivity index (χ1) is 18.0. The molecule has 1 fully saturated rings. The minimum absolute atomic E-state index is 0.0945. The lowest BCUT2D eigenvalue weighted by atomic mass is 9.87. The smallest absolute Gasteiger partial charge is 0.305 e. The molecule has 1 saturated heterocycles. The molecule has 1 heterocycles. The Morgan fingerprint density at radius 3 is 2.45 bits per heavy atom. The number of amides is 1. The molecular formula is C29H34BrNO5S2. The van der Waals surface area contributed by atoms with E-state index in [1.54, 1.807) is 13.0 Å².